The Morgan fingerprint density at radius 1 is 1.24 bits per heavy atom. The van der Waals surface area contributed by atoms with E-state index in [0.717, 1.165) is 44.3 Å². The summed E-state index contributed by atoms with van der Waals surface area (Å²) in [5, 5.41) is 16.2. The average Bonchev–Trinajstić information content (AvgIpc) is 2.61. The summed E-state index contributed by atoms with van der Waals surface area (Å²) in [5.41, 5.74) is 1.11. The molecule has 0 spiro atoms. The second kappa shape index (κ2) is 15.4. The predicted molar refractivity (Wildman–Crippen MR) is 115 cm³/mol. The van der Waals surface area contributed by atoms with Crippen LogP contribution in [-0.4, -0.2) is 76.1 Å². The van der Waals surface area contributed by atoms with Gasteiger partial charge in [0.05, 0.1) is 19.8 Å². The van der Waals surface area contributed by atoms with E-state index < -0.39 is 0 Å². The van der Waals surface area contributed by atoms with Gasteiger partial charge in [-0.3, -0.25) is 4.99 Å². The molecule has 6 nitrogen and oxygen atoms in total. The first-order valence-corrected chi connectivity index (χ1v) is 8.56. The van der Waals surface area contributed by atoms with E-state index in [1.165, 1.54) is 0 Å². The van der Waals surface area contributed by atoms with E-state index in [2.05, 4.69) is 27.6 Å². The molecule has 1 aromatic rings. The van der Waals surface area contributed by atoms with Gasteiger partial charge in [0.1, 0.15) is 0 Å². The van der Waals surface area contributed by atoms with E-state index in [1.54, 1.807) is 7.11 Å². The summed E-state index contributed by atoms with van der Waals surface area (Å²) in [6.45, 7) is 6.86. The van der Waals surface area contributed by atoms with Crippen molar-refractivity contribution in [2.24, 2.45) is 4.99 Å². The van der Waals surface area contributed by atoms with Crippen molar-refractivity contribution in [3.8, 4) is 0 Å². The van der Waals surface area contributed by atoms with Crippen molar-refractivity contribution in [2.75, 3.05) is 60.1 Å². The Labute approximate surface area is 169 Å². The maximum absolute atomic E-state index is 9.62. The van der Waals surface area contributed by atoms with Crippen LogP contribution in [0.5, 0.6) is 0 Å². The van der Waals surface area contributed by atoms with Crippen molar-refractivity contribution < 1.29 is 9.84 Å². The highest BCUT2D eigenvalue weighted by Crippen LogP contribution is 2.14. The summed E-state index contributed by atoms with van der Waals surface area (Å²) in [6, 6.07) is 10.0. The highest BCUT2D eigenvalue weighted by Gasteiger charge is 2.10. The molecule has 0 aromatic heterocycles. The van der Waals surface area contributed by atoms with E-state index in [-0.39, 0.29) is 36.5 Å². The number of aliphatic hydroxyl groups excluding tert-OH is 1. The van der Waals surface area contributed by atoms with Crippen molar-refractivity contribution in [2.45, 2.75) is 12.8 Å². The number of guanidine groups is 1. The molecule has 7 heteroatoms. The van der Waals surface area contributed by atoms with Crippen LogP contribution in [0.25, 0.3) is 0 Å². The van der Waals surface area contributed by atoms with Crippen LogP contribution in [0.1, 0.15) is 18.4 Å². The molecule has 0 amide bonds. The molecule has 0 saturated heterocycles. The maximum atomic E-state index is 9.62. The number of methoxy groups -OCH3 is 1. The Hall–Kier alpha value is -0.900. The van der Waals surface area contributed by atoms with Crippen molar-refractivity contribution in [1.29, 1.82) is 0 Å². The zero-order valence-corrected chi connectivity index (χ0v) is 17.9. The molecule has 0 heterocycles. The molecule has 0 aliphatic rings. The van der Waals surface area contributed by atoms with Crippen LogP contribution in [0.2, 0.25) is 0 Å². The standard InChI is InChI=1S/C18H32N4O2.HI/c1-4-19-18(20-10-11-22(2)12-13-24-3)21-14-17(15-23)16-8-6-5-7-9-16;/h5-9,17,23H,4,10-15H2,1-3H3,(H2,19,20,21);1H. The number of hydrogen-bond donors (Lipinski definition) is 3. The van der Waals surface area contributed by atoms with Crippen molar-refractivity contribution in [1.82, 2.24) is 15.5 Å². The lowest BCUT2D eigenvalue weighted by molar-refractivity contribution is 0.162. The number of nitrogens with zero attached hydrogens (tertiary/aromatic N) is 2. The normalized spacial score (nSPS) is 12.6. The summed E-state index contributed by atoms with van der Waals surface area (Å²) in [6.07, 6.45) is 0. The van der Waals surface area contributed by atoms with Gasteiger partial charge in [0, 0.05) is 39.2 Å². The van der Waals surface area contributed by atoms with Gasteiger partial charge >= 0.3 is 0 Å². The van der Waals surface area contributed by atoms with Crippen molar-refractivity contribution in [3.63, 3.8) is 0 Å². The molecular formula is C18H33IN4O2. The Morgan fingerprint density at radius 2 is 1.96 bits per heavy atom. The molecule has 144 valence electrons. The van der Waals surface area contributed by atoms with Gasteiger partial charge in [-0.05, 0) is 19.5 Å². The van der Waals surface area contributed by atoms with E-state index >= 15 is 0 Å². The lowest BCUT2D eigenvalue weighted by atomic mass is 10.0. The third kappa shape index (κ3) is 10.6. The van der Waals surface area contributed by atoms with Crippen LogP contribution >= 0.6 is 24.0 Å². The van der Waals surface area contributed by atoms with Gasteiger partial charge in [-0.25, -0.2) is 0 Å². The second-order valence-electron chi connectivity index (χ2n) is 5.73. The number of aliphatic hydroxyl groups is 1. The fraction of sp³-hybridized carbons (Fsp3) is 0.611. The molecule has 0 bridgehead atoms. The Kier molecular flexibility index (Phi) is 14.8. The molecule has 0 aliphatic carbocycles. The average molecular weight is 464 g/mol. The van der Waals surface area contributed by atoms with Gasteiger partial charge in [-0.2, -0.15) is 0 Å². The molecule has 0 radical (unpaired) electrons. The Bertz CT molecular complexity index is 460. The molecular weight excluding hydrogens is 431 g/mol. The van der Waals surface area contributed by atoms with Gasteiger partial charge in [0.15, 0.2) is 5.96 Å². The van der Waals surface area contributed by atoms with Crippen LogP contribution in [0.3, 0.4) is 0 Å². The highest BCUT2D eigenvalue weighted by molar-refractivity contribution is 14.0. The minimum Gasteiger partial charge on any atom is -0.396 e. The predicted octanol–water partition coefficient (Wildman–Crippen LogP) is 1.51. The topological polar surface area (TPSA) is 69.1 Å². The van der Waals surface area contributed by atoms with E-state index in [9.17, 15) is 5.11 Å². The lowest BCUT2D eigenvalue weighted by Gasteiger charge is -2.18. The molecule has 1 rings (SSSR count). The van der Waals surface area contributed by atoms with Gasteiger partial charge in [-0.15, -0.1) is 24.0 Å². The SMILES string of the molecule is CCNC(=NCC(CO)c1ccccc1)NCCN(C)CCOC.I. The summed E-state index contributed by atoms with van der Waals surface area (Å²) in [5.74, 6) is 0.804. The Balaban J connectivity index is 0.00000576. The number of rotatable bonds is 11. The van der Waals surface area contributed by atoms with E-state index in [4.69, 9.17) is 4.74 Å². The van der Waals surface area contributed by atoms with Gasteiger partial charge in [0.2, 0.25) is 0 Å². The van der Waals surface area contributed by atoms with Gasteiger partial charge < -0.3 is 25.4 Å². The van der Waals surface area contributed by atoms with Crippen molar-refractivity contribution >= 4 is 29.9 Å². The number of ether oxygens (including phenoxy) is 1. The monoisotopic (exact) mass is 464 g/mol. The molecule has 3 N–H and O–H groups in total. The Morgan fingerprint density at radius 3 is 2.56 bits per heavy atom. The first-order valence-electron chi connectivity index (χ1n) is 8.56. The number of halogens is 1. The van der Waals surface area contributed by atoms with Crippen LogP contribution in [0.4, 0.5) is 0 Å². The summed E-state index contributed by atoms with van der Waals surface area (Å²) in [7, 11) is 3.79. The number of likely N-dealkylation sites (N-methyl/N-ethyl adjacent to an activating group) is 1. The number of nitrogens with one attached hydrogen (secondary N) is 2. The quantitative estimate of drug-likeness (QED) is 0.263. The molecule has 1 atom stereocenters. The van der Waals surface area contributed by atoms with E-state index in [1.807, 2.05) is 37.3 Å². The molecule has 1 unspecified atom stereocenters. The van der Waals surface area contributed by atoms with Crippen molar-refractivity contribution in [3.05, 3.63) is 35.9 Å². The second-order valence-corrected chi connectivity index (χ2v) is 5.73. The maximum Gasteiger partial charge on any atom is 0.191 e. The minimum atomic E-state index is 0. The highest BCUT2D eigenvalue weighted by atomic mass is 127. The zero-order valence-electron chi connectivity index (χ0n) is 15.6. The van der Waals surface area contributed by atoms with Gasteiger partial charge in [-0.1, -0.05) is 30.3 Å². The number of benzene rings is 1. The fourth-order valence-electron chi connectivity index (χ4n) is 2.26. The molecule has 0 saturated carbocycles. The van der Waals surface area contributed by atoms with Crippen LogP contribution in [-0.2, 0) is 4.74 Å². The van der Waals surface area contributed by atoms with Crippen LogP contribution in [0.15, 0.2) is 35.3 Å². The smallest absolute Gasteiger partial charge is 0.191 e. The third-order valence-electron chi connectivity index (χ3n) is 3.77. The fourth-order valence-corrected chi connectivity index (χ4v) is 2.26. The number of aliphatic imine (C=N–C) groups is 1. The third-order valence-corrected chi connectivity index (χ3v) is 3.77. The van der Waals surface area contributed by atoms with Crippen LogP contribution in [0, 0.1) is 0 Å². The first-order chi connectivity index (χ1) is 11.7. The lowest BCUT2D eigenvalue weighted by Crippen LogP contribution is -2.41. The summed E-state index contributed by atoms with van der Waals surface area (Å²) in [4.78, 5) is 6.82. The summed E-state index contributed by atoms with van der Waals surface area (Å²) >= 11 is 0. The van der Waals surface area contributed by atoms with Gasteiger partial charge in [0.25, 0.3) is 0 Å². The first kappa shape index (κ1) is 24.1. The zero-order chi connectivity index (χ0) is 17.6. The van der Waals surface area contributed by atoms with Crippen LogP contribution < -0.4 is 10.6 Å². The van der Waals surface area contributed by atoms with E-state index in [0.29, 0.717) is 6.54 Å². The molecule has 25 heavy (non-hydrogen) atoms. The number of hydrogen-bond acceptors (Lipinski definition) is 4. The molecule has 1 aromatic carbocycles. The largest absolute Gasteiger partial charge is 0.396 e. The molecule has 0 fully saturated rings. The molecule has 0 aliphatic heterocycles. The summed E-state index contributed by atoms with van der Waals surface area (Å²) < 4.78 is 5.08. The minimum absolute atomic E-state index is 0.